The van der Waals surface area contributed by atoms with E-state index in [1.54, 1.807) is 47.4 Å². The van der Waals surface area contributed by atoms with E-state index in [0.717, 1.165) is 5.69 Å². The van der Waals surface area contributed by atoms with Crippen LogP contribution in [0.1, 0.15) is 15.9 Å². The van der Waals surface area contributed by atoms with Crippen molar-refractivity contribution in [2.75, 3.05) is 5.32 Å². The Bertz CT molecular complexity index is 1180. The third-order valence-electron chi connectivity index (χ3n) is 4.23. The van der Waals surface area contributed by atoms with Crippen molar-refractivity contribution in [3.63, 3.8) is 0 Å². The van der Waals surface area contributed by atoms with Crippen LogP contribution >= 0.6 is 0 Å². The molecule has 0 radical (unpaired) electrons. The SMILES string of the molecule is N#Cc1cccnc1-c1cccc(C(=O)Nc2ccccc2-n2cccn2)c1. The van der Waals surface area contributed by atoms with Crippen molar-refractivity contribution in [1.29, 1.82) is 5.26 Å². The van der Waals surface area contributed by atoms with Gasteiger partial charge in [0.1, 0.15) is 6.07 Å². The van der Waals surface area contributed by atoms with Gasteiger partial charge in [0.15, 0.2) is 0 Å². The molecule has 2 heterocycles. The van der Waals surface area contributed by atoms with Gasteiger partial charge in [-0.1, -0.05) is 24.3 Å². The molecule has 1 amide bonds. The molecular formula is C22H15N5O. The number of amides is 1. The number of aromatic nitrogens is 3. The number of anilines is 1. The zero-order chi connectivity index (χ0) is 19.3. The number of carbonyl (C=O) groups is 1. The Hall–Kier alpha value is -4.24. The van der Waals surface area contributed by atoms with Gasteiger partial charge in [-0.05, 0) is 42.5 Å². The van der Waals surface area contributed by atoms with Gasteiger partial charge in [0, 0.05) is 29.7 Å². The summed E-state index contributed by atoms with van der Waals surface area (Å²) < 4.78 is 1.69. The molecule has 0 fully saturated rings. The van der Waals surface area contributed by atoms with Gasteiger partial charge in [-0.25, -0.2) is 4.68 Å². The maximum atomic E-state index is 12.8. The topological polar surface area (TPSA) is 83.6 Å². The highest BCUT2D eigenvalue weighted by Gasteiger charge is 2.13. The van der Waals surface area contributed by atoms with E-state index in [1.807, 2.05) is 42.6 Å². The Balaban J connectivity index is 1.65. The second-order valence-corrected chi connectivity index (χ2v) is 6.01. The molecule has 0 aliphatic heterocycles. The summed E-state index contributed by atoms with van der Waals surface area (Å²) in [4.78, 5) is 17.1. The van der Waals surface area contributed by atoms with Crippen LogP contribution in [0.15, 0.2) is 85.3 Å². The van der Waals surface area contributed by atoms with Crippen LogP contribution in [0.25, 0.3) is 16.9 Å². The molecule has 1 N–H and O–H groups in total. The third-order valence-corrected chi connectivity index (χ3v) is 4.23. The van der Waals surface area contributed by atoms with Gasteiger partial charge in [0.25, 0.3) is 5.91 Å². The van der Waals surface area contributed by atoms with E-state index in [9.17, 15) is 10.1 Å². The summed E-state index contributed by atoms with van der Waals surface area (Å²) in [6.45, 7) is 0. The van der Waals surface area contributed by atoms with Crippen LogP contribution in [-0.2, 0) is 0 Å². The molecule has 0 aliphatic carbocycles. The Labute approximate surface area is 161 Å². The molecule has 0 bridgehead atoms. The number of para-hydroxylation sites is 2. The van der Waals surface area contributed by atoms with E-state index in [1.165, 1.54) is 0 Å². The third kappa shape index (κ3) is 3.37. The first-order valence-electron chi connectivity index (χ1n) is 8.62. The molecule has 0 aliphatic rings. The van der Waals surface area contributed by atoms with E-state index in [4.69, 9.17) is 0 Å². The Morgan fingerprint density at radius 1 is 1.00 bits per heavy atom. The largest absolute Gasteiger partial charge is 0.320 e. The van der Waals surface area contributed by atoms with Gasteiger partial charge >= 0.3 is 0 Å². The minimum Gasteiger partial charge on any atom is -0.320 e. The second-order valence-electron chi connectivity index (χ2n) is 6.01. The van der Waals surface area contributed by atoms with Crippen LogP contribution in [0.2, 0.25) is 0 Å². The molecule has 0 unspecified atom stereocenters. The lowest BCUT2D eigenvalue weighted by Gasteiger charge is -2.12. The maximum Gasteiger partial charge on any atom is 0.255 e. The summed E-state index contributed by atoms with van der Waals surface area (Å²) in [7, 11) is 0. The summed E-state index contributed by atoms with van der Waals surface area (Å²) >= 11 is 0. The van der Waals surface area contributed by atoms with Crippen LogP contribution in [0.3, 0.4) is 0 Å². The summed E-state index contributed by atoms with van der Waals surface area (Å²) in [6, 6.07) is 21.9. The van der Waals surface area contributed by atoms with Crippen LogP contribution < -0.4 is 5.32 Å². The molecule has 28 heavy (non-hydrogen) atoms. The fourth-order valence-corrected chi connectivity index (χ4v) is 2.92. The molecule has 0 saturated heterocycles. The van der Waals surface area contributed by atoms with E-state index < -0.39 is 0 Å². The van der Waals surface area contributed by atoms with Crippen molar-refractivity contribution in [1.82, 2.24) is 14.8 Å². The number of nitrogens with one attached hydrogen (secondary N) is 1. The zero-order valence-electron chi connectivity index (χ0n) is 14.8. The number of hydrogen-bond donors (Lipinski definition) is 1. The van der Waals surface area contributed by atoms with Gasteiger partial charge < -0.3 is 5.32 Å². The van der Waals surface area contributed by atoms with Crippen molar-refractivity contribution in [3.8, 4) is 23.0 Å². The average molecular weight is 365 g/mol. The van der Waals surface area contributed by atoms with Gasteiger partial charge in [-0.2, -0.15) is 10.4 Å². The Kier molecular flexibility index (Phi) is 4.64. The molecule has 134 valence electrons. The first-order valence-corrected chi connectivity index (χ1v) is 8.62. The Morgan fingerprint density at radius 3 is 2.71 bits per heavy atom. The zero-order valence-corrected chi connectivity index (χ0v) is 14.8. The normalized spacial score (nSPS) is 10.2. The van der Waals surface area contributed by atoms with Crippen LogP contribution in [0.5, 0.6) is 0 Å². The predicted octanol–water partition coefficient (Wildman–Crippen LogP) is 4.06. The molecule has 6 heteroatoms. The van der Waals surface area contributed by atoms with Crippen molar-refractivity contribution in [3.05, 3.63) is 96.4 Å². The molecule has 2 aromatic heterocycles. The molecule has 6 nitrogen and oxygen atoms in total. The van der Waals surface area contributed by atoms with Crippen LogP contribution in [-0.4, -0.2) is 20.7 Å². The standard InChI is InChI=1S/C22H15N5O/c23-15-18-8-4-11-24-21(18)16-6-3-7-17(14-16)22(28)26-19-9-1-2-10-20(19)27-13-5-12-25-27/h1-14H,(H,26,28). The smallest absolute Gasteiger partial charge is 0.255 e. The highest BCUT2D eigenvalue weighted by atomic mass is 16.1. The lowest BCUT2D eigenvalue weighted by molar-refractivity contribution is 0.102. The van der Waals surface area contributed by atoms with Gasteiger partial charge in [-0.15, -0.1) is 0 Å². The van der Waals surface area contributed by atoms with Crippen LogP contribution in [0.4, 0.5) is 5.69 Å². The monoisotopic (exact) mass is 365 g/mol. The van der Waals surface area contributed by atoms with Crippen molar-refractivity contribution in [2.24, 2.45) is 0 Å². The van der Waals surface area contributed by atoms with Crippen molar-refractivity contribution in [2.45, 2.75) is 0 Å². The number of rotatable bonds is 4. The number of carbonyl (C=O) groups excluding carboxylic acids is 1. The van der Waals surface area contributed by atoms with Crippen LogP contribution in [0, 0.1) is 11.3 Å². The first kappa shape index (κ1) is 17.2. The Morgan fingerprint density at radius 2 is 1.89 bits per heavy atom. The highest BCUT2D eigenvalue weighted by molar-refractivity contribution is 6.05. The lowest BCUT2D eigenvalue weighted by atomic mass is 10.0. The summed E-state index contributed by atoms with van der Waals surface area (Å²) in [5, 5.41) is 16.5. The lowest BCUT2D eigenvalue weighted by Crippen LogP contribution is -2.14. The van der Waals surface area contributed by atoms with E-state index in [0.29, 0.717) is 28.1 Å². The molecule has 4 rings (SSSR count). The van der Waals surface area contributed by atoms with Gasteiger partial charge in [0.2, 0.25) is 0 Å². The van der Waals surface area contributed by atoms with Gasteiger partial charge in [-0.3, -0.25) is 9.78 Å². The molecular weight excluding hydrogens is 350 g/mol. The molecule has 4 aromatic rings. The summed E-state index contributed by atoms with van der Waals surface area (Å²) in [5.41, 5.74) is 3.62. The number of hydrogen-bond acceptors (Lipinski definition) is 4. The quantitative estimate of drug-likeness (QED) is 0.591. The average Bonchev–Trinajstić information content (AvgIpc) is 3.29. The fourth-order valence-electron chi connectivity index (χ4n) is 2.92. The number of benzene rings is 2. The molecule has 0 spiro atoms. The highest BCUT2D eigenvalue weighted by Crippen LogP contribution is 2.23. The first-order chi connectivity index (χ1) is 13.8. The van der Waals surface area contributed by atoms with Crippen molar-refractivity contribution >= 4 is 11.6 Å². The van der Waals surface area contributed by atoms with E-state index in [-0.39, 0.29) is 5.91 Å². The second kappa shape index (κ2) is 7.56. The number of nitriles is 1. The fraction of sp³-hybridized carbons (Fsp3) is 0. The van der Waals surface area contributed by atoms with E-state index >= 15 is 0 Å². The van der Waals surface area contributed by atoms with E-state index in [2.05, 4.69) is 21.5 Å². The van der Waals surface area contributed by atoms with Crippen molar-refractivity contribution < 1.29 is 4.79 Å². The minimum atomic E-state index is -0.254. The predicted molar refractivity (Wildman–Crippen MR) is 106 cm³/mol. The number of nitrogens with zero attached hydrogens (tertiary/aromatic N) is 4. The minimum absolute atomic E-state index is 0.254. The summed E-state index contributed by atoms with van der Waals surface area (Å²) in [5.74, 6) is -0.254. The summed E-state index contributed by atoms with van der Waals surface area (Å²) in [6.07, 6.45) is 5.13. The molecule has 0 saturated carbocycles. The molecule has 0 atom stereocenters. The molecule has 2 aromatic carbocycles. The van der Waals surface area contributed by atoms with Gasteiger partial charge in [0.05, 0.1) is 22.6 Å². The maximum absolute atomic E-state index is 12.8. The number of pyridine rings is 1.